The van der Waals surface area contributed by atoms with Gasteiger partial charge in [-0.3, -0.25) is 9.09 Å². The first-order valence-corrected chi connectivity index (χ1v) is 8.08. The third-order valence-electron chi connectivity index (χ3n) is 1.88. The van der Waals surface area contributed by atoms with E-state index < -0.39 is 20.0 Å². The topological polar surface area (TPSA) is 86.4 Å². The zero-order valence-corrected chi connectivity index (χ0v) is 13.3. The lowest BCUT2D eigenvalue weighted by atomic mass is 10.2. The van der Waals surface area contributed by atoms with Crippen LogP contribution in [-0.4, -0.2) is 42.1 Å². The van der Waals surface area contributed by atoms with Gasteiger partial charge in [-0.05, 0) is 34.6 Å². The molecule has 0 aliphatic rings. The van der Waals surface area contributed by atoms with Crippen LogP contribution in [-0.2, 0) is 18.5 Å². The molecule has 0 aromatic carbocycles. The molecule has 9 heteroatoms. The molecule has 0 rings (SSSR count). The molecule has 0 radical (unpaired) electrons. The SMILES string of the molecule is CCN(CC)/[N+]([O-])=N/OCOP(C)(=O)OC(C)(C)C. The zero-order chi connectivity index (χ0) is 15.1. The summed E-state index contributed by atoms with van der Waals surface area (Å²) >= 11 is 0. The molecule has 19 heavy (non-hydrogen) atoms. The van der Waals surface area contributed by atoms with Gasteiger partial charge in [-0.1, -0.05) is 0 Å². The Bertz CT molecular complexity index is 339. The van der Waals surface area contributed by atoms with Crippen LogP contribution in [0.15, 0.2) is 5.28 Å². The number of hydrogen-bond acceptors (Lipinski definition) is 6. The Hall–Kier alpha value is -0.850. The second-order valence-electron chi connectivity index (χ2n) is 4.82. The Morgan fingerprint density at radius 1 is 1.32 bits per heavy atom. The van der Waals surface area contributed by atoms with Crippen molar-refractivity contribution in [2.45, 2.75) is 40.2 Å². The molecule has 0 spiro atoms. The average Bonchev–Trinajstić information content (AvgIpc) is 2.23. The summed E-state index contributed by atoms with van der Waals surface area (Å²) in [5.41, 5.74) is -0.590. The third kappa shape index (κ3) is 8.80. The summed E-state index contributed by atoms with van der Waals surface area (Å²) in [4.78, 5) is 4.98. The number of hydrogen-bond donors (Lipinski definition) is 0. The van der Waals surface area contributed by atoms with Gasteiger partial charge in [0.2, 0.25) is 12.1 Å². The highest BCUT2D eigenvalue weighted by molar-refractivity contribution is 7.53. The van der Waals surface area contributed by atoms with Gasteiger partial charge >= 0.3 is 7.60 Å². The Morgan fingerprint density at radius 2 is 1.84 bits per heavy atom. The van der Waals surface area contributed by atoms with Crippen LogP contribution in [0.3, 0.4) is 0 Å². The summed E-state index contributed by atoms with van der Waals surface area (Å²) in [7, 11) is -3.23. The van der Waals surface area contributed by atoms with E-state index in [1.165, 1.54) is 11.7 Å². The van der Waals surface area contributed by atoms with Gasteiger partial charge in [0.15, 0.2) is 0 Å². The first kappa shape index (κ1) is 18.1. The molecule has 0 aliphatic heterocycles. The van der Waals surface area contributed by atoms with Crippen molar-refractivity contribution in [1.29, 1.82) is 0 Å². The van der Waals surface area contributed by atoms with Crippen LogP contribution in [0.25, 0.3) is 0 Å². The molecule has 0 fully saturated rings. The van der Waals surface area contributed by atoms with Crippen molar-refractivity contribution in [1.82, 2.24) is 5.01 Å². The third-order valence-corrected chi connectivity index (χ3v) is 3.33. The minimum Gasteiger partial charge on any atom is -0.569 e. The molecule has 8 nitrogen and oxygen atoms in total. The smallest absolute Gasteiger partial charge is 0.331 e. The summed E-state index contributed by atoms with van der Waals surface area (Å²) < 4.78 is 22.0. The lowest BCUT2D eigenvalue weighted by Gasteiger charge is -2.23. The molecule has 1 atom stereocenters. The van der Waals surface area contributed by atoms with Crippen LogP contribution >= 0.6 is 7.60 Å². The first-order chi connectivity index (χ1) is 8.61. The monoisotopic (exact) mass is 297 g/mol. The van der Waals surface area contributed by atoms with Gasteiger partial charge < -0.3 is 14.6 Å². The van der Waals surface area contributed by atoms with Crippen LogP contribution in [0.1, 0.15) is 34.6 Å². The van der Waals surface area contributed by atoms with Crippen LogP contribution in [0.4, 0.5) is 0 Å². The fraction of sp³-hybridized carbons (Fsp3) is 1.00. The van der Waals surface area contributed by atoms with Crippen molar-refractivity contribution in [3.8, 4) is 0 Å². The van der Waals surface area contributed by atoms with Gasteiger partial charge in [-0.25, -0.2) is 0 Å². The minimum atomic E-state index is -3.23. The van der Waals surface area contributed by atoms with Gasteiger partial charge in [-0.15, -0.1) is 5.01 Å². The number of hydrazine groups is 1. The summed E-state index contributed by atoms with van der Waals surface area (Å²) in [5.74, 6) is 0. The van der Waals surface area contributed by atoms with Crippen molar-refractivity contribution in [3.63, 3.8) is 0 Å². The van der Waals surface area contributed by atoms with E-state index >= 15 is 0 Å². The summed E-state index contributed by atoms with van der Waals surface area (Å²) in [6, 6.07) is 0. The van der Waals surface area contributed by atoms with Gasteiger partial charge in [0.05, 0.1) is 23.7 Å². The van der Waals surface area contributed by atoms with Crippen LogP contribution < -0.4 is 0 Å². The molecule has 0 saturated carbocycles. The van der Waals surface area contributed by atoms with Crippen molar-refractivity contribution in [3.05, 3.63) is 5.21 Å². The maximum absolute atomic E-state index is 11.9. The highest BCUT2D eigenvalue weighted by atomic mass is 31.2. The van der Waals surface area contributed by atoms with Crippen molar-refractivity contribution in [2.75, 3.05) is 26.5 Å². The van der Waals surface area contributed by atoms with Crippen LogP contribution in [0.2, 0.25) is 0 Å². The zero-order valence-electron chi connectivity index (χ0n) is 12.5. The van der Waals surface area contributed by atoms with E-state index in [1.54, 1.807) is 20.8 Å². The Kier molecular flexibility index (Phi) is 7.33. The van der Waals surface area contributed by atoms with E-state index in [0.717, 1.165) is 0 Å². The molecule has 1 unspecified atom stereocenters. The van der Waals surface area contributed by atoms with Crippen molar-refractivity contribution >= 4 is 7.60 Å². The second kappa shape index (κ2) is 7.67. The quantitative estimate of drug-likeness (QED) is 0.171. The van der Waals surface area contributed by atoms with Crippen LogP contribution in [0.5, 0.6) is 0 Å². The van der Waals surface area contributed by atoms with Crippen molar-refractivity contribution in [2.24, 2.45) is 5.28 Å². The molecule has 0 bridgehead atoms. The van der Waals surface area contributed by atoms with Crippen LogP contribution in [0, 0.1) is 5.21 Å². The van der Waals surface area contributed by atoms with E-state index in [2.05, 4.69) is 10.1 Å². The summed E-state index contributed by atoms with van der Waals surface area (Å²) in [6.45, 7) is 10.9. The van der Waals surface area contributed by atoms with Gasteiger partial charge in [0.1, 0.15) is 0 Å². The molecule has 0 saturated heterocycles. The molecule has 0 aromatic heterocycles. The molecular formula is C10H24N3O5P. The maximum atomic E-state index is 11.9. The molecule has 0 aliphatic carbocycles. The fourth-order valence-electron chi connectivity index (χ4n) is 1.23. The molecule has 114 valence electrons. The lowest BCUT2D eigenvalue weighted by Crippen LogP contribution is -2.30. The summed E-state index contributed by atoms with van der Waals surface area (Å²) in [5, 5.41) is 16.0. The fourth-order valence-corrected chi connectivity index (χ4v) is 2.52. The predicted molar refractivity (Wildman–Crippen MR) is 70.4 cm³/mol. The normalized spacial score (nSPS) is 16.0. The lowest BCUT2D eigenvalue weighted by molar-refractivity contribution is -0.710. The average molecular weight is 297 g/mol. The highest BCUT2D eigenvalue weighted by Gasteiger charge is 2.25. The Labute approximate surface area is 114 Å². The number of nitrogens with zero attached hydrogens (tertiary/aromatic N) is 3. The van der Waals surface area contributed by atoms with Gasteiger partial charge in [-0.2, -0.15) is 0 Å². The largest absolute Gasteiger partial charge is 0.569 e. The highest BCUT2D eigenvalue weighted by Crippen LogP contribution is 2.47. The molecular weight excluding hydrogens is 273 g/mol. The van der Waals surface area contributed by atoms with Gasteiger partial charge in [0, 0.05) is 6.66 Å². The number of rotatable bonds is 8. The second-order valence-corrected chi connectivity index (χ2v) is 6.81. The van der Waals surface area contributed by atoms with Gasteiger partial charge in [0.25, 0.3) is 0 Å². The van der Waals surface area contributed by atoms with E-state index in [4.69, 9.17) is 9.05 Å². The van der Waals surface area contributed by atoms with E-state index in [9.17, 15) is 9.77 Å². The molecule has 0 N–H and O–H groups in total. The minimum absolute atomic E-state index is 0.328. The van der Waals surface area contributed by atoms with Crippen molar-refractivity contribution < 1.29 is 23.4 Å². The maximum Gasteiger partial charge on any atom is 0.331 e. The van der Waals surface area contributed by atoms with E-state index in [-0.39, 0.29) is 0 Å². The Morgan fingerprint density at radius 3 is 2.26 bits per heavy atom. The molecule has 0 heterocycles. The first-order valence-electron chi connectivity index (χ1n) is 6.09. The Balaban J connectivity index is 4.17. The van der Waals surface area contributed by atoms with E-state index in [1.807, 2.05) is 13.8 Å². The predicted octanol–water partition coefficient (Wildman–Crippen LogP) is 2.75. The molecule has 0 amide bonds. The van der Waals surface area contributed by atoms with E-state index in [0.29, 0.717) is 18.1 Å². The summed E-state index contributed by atoms with van der Waals surface area (Å²) in [6.07, 6.45) is 0. The standard InChI is InChI=1S/C10H24N3O5P/c1-7-12(8-2)13(14)11-16-9-17-19(6,15)18-10(3,4)5/h7-9H2,1-6H3/b13-11-. The molecule has 0 aromatic rings.